The van der Waals surface area contributed by atoms with Crippen LogP contribution in [0.25, 0.3) is 0 Å². The topological polar surface area (TPSA) is 58.2 Å². The zero-order chi connectivity index (χ0) is 19.8. The van der Waals surface area contributed by atoms with Gasteiger partial charge < -0.3 is 10.6 Å². The monoisotopic (exact) mass is 424 g/mol. The van der Waals surface area contributed by atoms with Crippen molar-refractivity contribution in [1.82, 2.24) is 5.32 Å². The summed E-state index contributed by atoms with van der Waals surface area (Å²) in [5.74, 6) is 0.720. The summed E-state index contributed by atoms with van der Waals surface area (Å²) < 4.78 is 0. The van der Waals surface area contributed by atoms with Gasteiger partial charge in [0.1, 0.15) is 0 Å². The van der Waals surface area contributed by atoms with Crippen molar-refractivity contribution < 1.29 is 9.59 Å². The van der Waals surface area contributed by atoms with Crippen molar-refractivity contribution >= 4 is 52.5 Å². The third-order valence-electron chi connectivity index (χ3n) is 3.66. The van der Waals surface area contributed by atoms with Crippen LogP contribution in [-0.2, 0) is 10.5 Å². The minimum absolute atomic E-state index is 0.188. The average Bonchev–Trinajstić information content (AvgIpc) is 2.62. The van der Waals surface area contributed by atoms with Gasteiger partial charge in [0.05, 0.1) is 17.0 Å². The summed E-state index contributed by atoms with van der Waals surface area (Å²) in [4.78, 5) is 24.6. The SMILES string of the molecule is CC(C)CNC(=O)c1ccccc1NC(=O)CSCc1c(Cl)cccc1Cl. The average molecular weight is 425 g/mol. The molecule has 2 aromatic carbocycles. The van der Waals surface area contributed by atoms with Crippen molar-refractivity contribution in [2.24, 2.45) is 5.92 Å². The quantitative estimate of drug-likeness (QED) is 0.607. The van der Waals surface area contributed by atoms with Gasteiger partial charge in [-0.15, -0.1) is 11.8 Å². The summed E-state index contributed by atoms with van der Waals surface area (Å²) in [5, 5.41) is 6.84. The molecule has 0 aliphatic rings. The molecule has 0 heterocycles. The number of nitrogens with one attached hydrogen (secondary N) is 2. The largest absolute Gasteiger partial charge is 0.352 e. The summed E-state index contributed by atoms with van der Waals surface area (Å²) in [6, 6.07) is 12.3. The summed E-state index contributed by atoms with van der Waals surface area (Å²) in [6.07, 6.45) is 0. The maximum Gasteiger partial charge on any atom is 0.253 e. The number of para-hydroxylation sites is 1. The molecule has 0 fully saturated rings. The molecule has 27 heavy (non-hydrogen) atoms. The maximum absolute atomic E-state index is 12.3. The normalized spacial score (nSPS) is 10.7. The minimum Gasteiger partial charge on any atom is -0.352 e. The zero-order valence-electron chi connectivity index (χ0n) is 15.2. The van der Waals surface area contributed by atoms with E-state index < -0.39 is 0 Å². The Morgan fingerprint density at radius 2 is 1.70 bits per heavy atom. The lowest BCUT2D eigenvalue weighted by Gasteiger charge is -2.12. The highest BCUT2D eigenvalue weighted by Gasteiger charge is 2.14. The highest BCUT2D eigenvalue weighted by Crippen LogP contribution is 2.28. The van der Waals surface area contributed by atoms with E-state index in [-0.39, 0.29) is 17.6 Å². The van der Waals surface area contributed by atoms with Crippen molar-refractivity contribution in [1.29, 1.82) is 0 Å². The van der Waals surface area contributed by atoms with Crippen molar-refractivity contribution in [2.75, 3.05) is 17.6 Å². The van der Waals surface area contributed by atoms with Crippen LogP contribution in [0.5, 0.6) is 0 Å². The fourth-order valence-corrected chi connectivity index (χ4v) is 3.85. The molecule has 0 atom stereocenters. The van der Waals surface area contributed by atoms with Crippen LogP contribution in [0.15, 0.2) is 42.5 Å². The molecule has 144 valence electrons. The Kier molecular flexibility index (Phi) is 8.48. The smallest absolute Gasteiger partial charge is 0.253 e. The zero-order valence-corrected chi connectivity index (χ0v) is 17.5. The number of halogens is 2. The lowest BCUT2D eigenvalue weighted by atomic mass is 10.1. The standard InChI is InChI=1S/C20H22Cl2N2O2S/c1-13(2)10-23-20(26)14-6-3-4-9-18(14)24-19(25)12-27-11-15-16(21)7-5-8-17(15)22/h3-9,13H,10-12H2,1-2H3,(H,23,26)(H,24,25). The Bertz CT molecular complexity index is 792. The van der Waals surface area contributed by atoms with Crippen LogP contribution < -0.4 is 10.6 Å². The van der Waals surface area contributed by atoms with E-state index in [9.17, 15) is 9.59 Å². The van der Waals surface area contributed by atoms with E-state index in [1.54, 1.807) is 42.5 Å². The molecule has 2 aromatic rings. The number of anilines is 1. The van der Waals surface area contributed by atoms with Gasteiger partial charge in [-0.1, -0.05) is 55.2 Å². The summed E-state index contributed by atoms with van der Waals surface area (Å²) in [7, 11) is 0. The molecule has 0 saturated carbocycles. The van der Waals surface area contributed by atoms with Crippen LogP contribution in [0, 0.1) is 5.92 Å². The molecule has 0 aromatic heterocycles. The number of rotatable bonds is 8. The third-order valence-corrected chi connectivity index (χ3v) is 5.33. The third kappa shape index (κ3) is 6.76. The second-order valence-corrected chi connectivity index (χ2v) is 8.19. The van der Waals surface area contributed by atoms with Crippen molar-refractivity contribution in [3.05, 3.63) is 63.6 Å². The highest BCUT2D eigenvalue weighted by molar-refractivity contribution is 7.99. The van der Waals surface area contributed by atoms with Gasteiger partial charge in [-0.25, -0.2) is 0 Å². The predicted molar refractivity (Wildman–Crippen MR) is 115 cm³/mol. The highest BCUT2D eigenvalue weighted by atomic mass is 35.5. The van der Waals surface area contributed by atoms with Crippen LogP contribution in [-0.4, -0.2) is 24.1 Å². The van der Waals surface area contributed by atoms with Crippen LogP contribution in [0.2, 0.25) is 10.0 Å². The molecule has 0 spiro atoms. The minimum atomic E-state index is -0.199. The fraction of sp³-hybridized carbons (Fsp3) is 0.300. The van der Waals surface area contributed by atoms with Gasteiger partial charge in [-0.2, -0.15) is 0 Å². The lowest BCUT2D eigenvalue weighted by Crippen LogP contribution is -2.28. The van der Waals surface area contributed by atoms with Gasteiger partial charge in [0.25, 0.3) is 5.91 Å². The molecule has 0 saturated heterocycles. The molecule has 0 aliphatic carbocycles. The Morgan fingerprint density at radius 3 is 2.37 bits per heavy atom. The molecule has 0 unspecified atom stereocenters. The Morgan fingerprint density at radius 1 is 1.04 bits per heavy atom. The first-order valence-corrected chi connectivity index (χ1v) is 10.5. The molecule has 0 radical (unpaired) electrons. The molecule has 2 N–H and O–H groups in total. The van der Waals surface area contributed by atoms with E-state index in [1.165, 1.54) is 11.8 Å². The van der Waals surface area contributed by atoms with Crippen molar-refractivity contribution in [3.8, 4) is 0 Å². The summed E-state index contributed by atoms with van der Waals surface area (Å²) >= 11 is 13.7. The van der Waals surface area contributed by atoms with Crippen molar-refractivity contribution in [3.63, 3.8) is 0 Å². The number of thioether (sulfide) groups is 1. The number of hydrogen-bond acceptors (Lipinski definition) is 3. The van der Waals surface area contributed by atoms with Crippen LogP contribution in [0.1, 0.15) is 29.8 Å². The van der Waals surface area contributed by atoms with E-state index in [0.29, 0.717) is 39.5 Å². The molecular weight excluding hydrogens is 403 g/mol. The van der Waals surface area contributed by atoms with Gasteiger partial charge in [0, 0.05) is 22.3 Å². The lowest BCUT2D eigenvalue weighted by molar-refractivity contribution is -0.113. The van der Waals surface area contributed by atoms with Crippen molar-refractivity contribution in [2.45, 2.75) is 19.6 Å². The molecule has 0 aliphatic heterocycles. The molecule has 2 amide bonds. The maximum atomic E-state index is 12.3. The first kappa shape index (κ1) is 21.6. The van der Waals surface area contributed by atoms with E-state index in [1.807, 2.05) is 13.8 Å². The molecule has 7 heteroatoms. The predicted octanol–water partition coefficient (Wildman–Crippen LogP) is 5.25. The number of benzene rings is 2. The molecule has 0 bridgehead atoms. The Labute approximate surface area is 174 Å². The molecular formula is C20H22Cl2N2O2S. The van der Waals surface area contributed by atoms with Crippen LogP contribution in [0.3, 0.4) is 0 Å². The van der Waals surface area contributed by atoms with E-state index in [2.05, 4.69) is 10.6 Å². The molecule has 2 rings (SSSR count). The number of carbonyl (C=O) groups excluding carboxylic acids is 2. The number of amides is 2. The number of hydrogen-bond donors (Lipinski definition) is 2. The van der Waals surface area contributed by atoms with Crippen LogP contribution >= 0.6 is 35.0 Å². The van der Waals surface area contributed by atoms with E-state index >= 15 is 0 Å². The summed E-state index contributed by atoms with van der Waals surface area (Å²) in [6.45, 7) is 4.63. The van der Waals surface area contributed by atoms with Gasteiger partial charge >= 0.3 is 0 Å². The van der Waals surface area contributed by atoms with Crippen LogP contribution in [0.4, 0.5) is 5.69 Å². The van der Waals surface area contributed by atoms with E-state index in [0.717, 1.165) is 5.56 Å². The van der Waals surface area contributed by atoms with Gasteiger partial charge in [-0.3, -0.25) is 9.59 Å². The summed E-state index contributed by atoms with van der Waals surface area (Å²) in [5.41, 5.74) is 1.76. The second-order valence-electron chi connectivity index (χ2n) is 6.39. The fourth-order valence-electron chi connectivity index (χ4n) is 2.28. The van der Waals surface area contributed by atoms with Gasteiger partial charge in [-0.05, 0) is 35.7 Å². The van der Waals surface area contributed by atoms with E-state index in [4.69, 9.17) is 23.2 Å². The first-order valence-electron chi connectivity index (χ1n) is 8.56. The second kappa shape index (κ2) is 10.6. The van der Waals surface area contributed by atoms with Gasteiger partial charge in [0.2, 0.25) is 5.91 Å². The number of carbonyl (C=O) groups is 2. The Balaban J connectivity index is 1.93. The Hall–Kier alpha value is -1.69. The molecule has 4 nitrogen and oxygen atoms in total. The van der Waals surface area contributed by atoms with Gasteiger partial charge in [0.15, 0.2) is 0 Å². The first-order chi connectivity index (χ1) is 12.9.